The van der Waals surface area contributed by atoms with Crippen molar-refractivity contribution < 1.29 is 17.2 Å². The highest BCUT2D eigenvalue weighted by molar-refractivity contribution is 7.94. The SMILES string of the molecule is CNc1nc(N)nc(-c2nc3ccccc3[nH]2)c1C=CS(=O)(=O)c1ccc(F)cc1F. The number of para-hydroxylation sites is 2. The third kappa shape index (κ3) is 3.94. The van der Waals surface area contributed by atoms with Crippen LogP contribution in [-0.4, -0.2) is 35.4 Å². The first-order chi connectivity index (χ1) is 14.8. The van der Waals surface area contributed by atoms with Gasteiger partial charge in [-0.25, -0.2) is 27.2 Å². The number of benzene rings is 2. The van der Waals surface area contributed by atoms with Gasteiger partial charge in [0, 0.05) is 24.1 Å². The van der Waals surface area contributed by atoms with Crippen LogP contribution in [0.25, 0.3) is 28.6 Å². The highest BCUT2D eigenvalue weighted by atomic mass is 32.2. The molecule has 4 aromatic rings. The monoisotopic (exact) mass is 442 g/mol. The lowest BCUT2D eigenvalue weighted by molar-refractivity contribution is 0.552. The molecule has 8 nitrogen and oxygen atoms in total. The van der Waals surface area contributed by atoms with Crippen molar-refractivity contribution in [2.24, 2.45) is 0 Å². The number of nitrogen functional groups attached to an aromatic ring is 1. The summed E-state index contributed by atoms with van der Waals surface area (Å²) in [6, 6.07) is 9.53. The maximum atomic E-state index is 14.0. The maximum Gasteiger partial charge on any atom is 0.222 e. The van der Waals surface area contributed by atoms with Crippen LogP contribution >= 0.6 is 0 Å². The molecule has 0 aliphatic rings. The number of sulfone groups is 1. The Morgan fingerprint density at radius 3 is 2.58 bits per heavy atom. The summed E-state index contributed by atoms with van der Waals surface area (Å²) < 4.78 is 52.4. The first-order valence-corrected chi connectivity index (χ1v) is 10.5. The van der Waals surface area contributed by atoms with Crippen LogP contribution in [-0.2, 0) is 9.84 Å². The fourth-order valence-electron chi connectivity index (χ4n) is 3.02. The molecule has 0 aliphatic heterocycles. The highest BCUT2D eigenvalue weighted by Gasteiger charge is 2.20. The summed E-state index contributed by atoms with van der Waals surface area (Å²) in [4.78, 5) is 15.2. The molecule has 4 rings (SSSR count). The second kappa shape index (κ2) is 7.76. The Balaban J connectivity index is 1.86. The second-order valence-electron chi connectivity index (χ2n) is 6.47. The zero-order valence-electron chi connectivity index (χ0n) is 16.1. The summed E-state index contributed by atoms with van der Waals surface area (Å²) in [5.41, 5.74) is 7.75. The number of hydrogen-bond donors (Lipinski definition) is 3. The van der Waals surface area contributed by atoms with Crippen LogP contribution in [0.1, 0.15) is 5.56 Å². The number of imidazole rings is 1. The molecule has 0 fully saturated rings. The Labute approximate surface area is 175 Å². The van der Waals surface area contributed by atoms with Crippen molar-refractivity contribution >= 4 is 38.7 Å². The van der Waals surface area contributed by atoms with E-state index in [1.54, 1.807) is 13.1 Å². The quantitative estimate of drug-likeness (QED) is 0.405. The van der Waals surface area contributed by atoms with Gasteiger partial charge in [-0.1, -0.05) is 12.1 Å². The number of H-pyrrole nitrogens is 1. The van der Waals surface area contributed by atoms with Crippen molar-refractivity contribution in [3.8, 4) is 11.5 Å². The van der Waals surface area contributed by atoms with Gasteiger partial charge >= 0.3 is 0 Å². The van der Waals surface area contributed by atoms with Crippen LogP contribution in [0.15, 0.2) is 52.8 Å². The van der Waals surface area contributed by atoms with Crippen LogP contribution in [0.5, 0.6) is 0 Å². The van der Waals surface area contributed by atoms with Gasteiger partial charge in [-0.3, -0.25) is 0 Å². The number of aromatic amines is 1. The zero-order chi connectivity index (χ0) is 22.2. The largest absolute Gasteiger partial charge is 0.372 e. The Morgan fingerprint density at radius 2 is 1.87 bits per heavy atom. The van der Waals surface area contributed by atoms with Crippen molar-refractivity contribution in [2.75, 3.05) is 18.1 Å². The molecule has 4 N–H and O–H groups in total. The maximum absolute atomic E-state index is 14.0. The molecule has 11 heteroatoms. The molecule has 0 saturated heterocycles. The van der Waals surface area contributed by atoms with E-state index in [1.807, 2.05) is 18.2 Å². The van der Waals surface area contributed by atoms with E-state index in [0.717, 1.165) is 23.1 Å². The third-order valence-corrected chi connectivity index (χ3v) is 5.87. The van der Waals surface area contributed by atoms with Gasteiger partial charge in [0.2, 0.25) is 15.8 Å². The average Bonchev–Trinajstić information content (AvgIpc) is 3.16. The van der Waals surface area contributed by atoms with Gasteiger partial charge in [0.25, 0.3) is 0 Å². The molecule has 0 atom stereocenters. The van der Waals surface area contributed by atoms with Gasteiger partial charge in [0.1, 0.15) is 28.0 Å². The summed E-state index contributed by atoms with van der Waals surface area (Å²) in [7, 11) is -2.65. The number of nitrogens with zero attached hydrogens (tertiary/aromatic N) is 3. The van der Waals surface area contributed by atoms with Crippen LogP contribution in [0.3, 0.4) is 0 Å². The number of nitrogens with two attached hydrogens (primary N) is 1. The molecule has 2 heterocycles. The van der Waals surface area contributed by atoms with E-state index in [2.05, 4.69) is 25.3 Å². The normalized spacial score (nSPS) is 12.0. The Bertz CT molecular complexity index is 1400. The summed E-state index contributed by atoms with van der Waals surface area (Å²) in [6.45, 7) is 0. The summed E-state index contributed by atoms with van der Waals surface area (Å²) in [5, 5.41) is 3.63. The number of rotatable bonds is 5. The molecular weight excluding hydrogens is 426 g/mol. The highest BCUT2D eigenvalue weighted by Crippen LogP contribution is 2.29. The second-order valence-corrected chi connectivity index (χ2v) is 8.27. The Morgan fingerprint density at radius 1 is 1.10 bits per heavy atom. The predicted molar refractivity (Wildman–Crippen MR) is 114 cm³/mol. The lowest BCUT2D eigenvalue weighted by Crippen LogP contribution is -2.06. The van der Waals surface area contributed by atoms with Crippen LogP contribution < -0.4 is 11.1 Å². The first kappa shape index (κ1) is 20.4. The number of hydrogen-bond acceptors (Lipinski definition) is 7. The molecule has 0 bridgehead atoms. The van der Waals surface area contributed by atoms with Gasteiger partial charge in [0.15, 0.2) is 5.82 Å². The molecule has 0 spiro atoms. The van der Waals surface area contributed by atoms with Crippen molar-refractivity contribution in [3.63, 3.8) is 0 Å². The average molecular weight is 442 g/mol. The van der Waals surface area contributed by atoms with Crippen molar-refractivity contribution in [1.29, 1.82) is 0 Å². The first-order valence-electron chi connectivity index (χ1n) is 8.97. The van der Waals surface area contributed by atoms with Gasteiger partial charge < -0.3 is 16.0 Å². The number of nitrogens with one attached hydrogen (secondary N) is 2. The molecule has 2 aromatic heterocycles. The molecule has 0 aliphatic carbocycles. The molecule has 31 heavy (non-hydrogen) atoms. The summed E-state index contributed by atoms with van der Waals surface area (Å²) >= 11 is 0. The standard InChI is InChI=1S/C20H16F2N6O2S/c1-24-18-12(8-9-31(29,30)16-7-6-11(21)10-13(16)22)17(27-20(23)28-18)19-25-14-4-2-3-5-15(14)26-19/h2-10H,1H3,(H,25,26)(H3,23,24,27,28). The molecule has 0 radical (unpaired) electrons. The van der Waals surface area contributed by atoms with E-state index in [0.29, 0.717) is 17.4 Å². The van der Waals surface area contributed by atoms with Crippen LogP contribution in [0.2, 0.25) is 0 Å². The van der Waals surface area contributed by atoms with E-state index in [-0.39, 0.29) is 23.0 Å². The molecule has 0 amide bonds. The van der Waals surface area contributed by atoms with Crippen molar-refractivity contribution in [1.82, 2.24) is 19.9 Å². The minimum atomic E-state index is -4.23. The Hall–Kier alpha value is -3.86. The predicted octanol–water partition coefficient (Wildman–Crippen LogP) is 3.37. The number of anilines is 2. The molecule has 0 unspecified atom stereocenters. The van der Waals surface area contributed by atoms with Gasteiger partial charge in [-0.15, -0.1) is 0 Å². The van der Waals surface area contributed by atoms with Gasteiger partial charge in [-0.2, -0.15) is 4.98 Å². The smallest absolute Gasteiger partial charge is 0.222 e. The van der Waals surface area contributed by atoms with Gasteiger partial charge in [0.05, 0.1) is 11.0 Å². The summed E-state index contributed by atoms with van der Waals surface area (Å²) in [6.07, 6.45) is 1.21. The molecule has 158 valence electrons. The minimum Gasteiger partial charge on any atom is -0.372 e. The molecule has 0 saturated carbocycles. The van der Waals surface area contributed by atoms with Crippen molar-refractivity contribution in [2.45, 2.75) is 4.90 Å². The van der Waals surface area contributed by atoms with Crippen molar-refractivity contribution in [3.05, 3.63) is 65.1 Å². The third-order valence-electron chi connectivity index (χ3n) is 4.43. The number of aromatic nitrogens is 4. The van der Waals surface area contributed by atoms with E-state index >= 15 is 0 Å². The van der Waals surface area contributed by atoms with Crippen LogP contribution in [0, 0.1) is 11.6 Å². The number of fused-ring (bicyclic) bond motifs is 1. The van der Waals surface area contributed by atoms with E-state index in [4.69, 9.17) is 5.73 Å². The fourth-order valence-corrected chi connectivity index (χ4v) is 4.07. The topological polar surface area (TPSA) is 127 Å². The van der Waals surface area contributed by atoms with Gasteiger partial charge in [-0.05, 0) is 30.3 Å². The molecular formula is C20H16F2N6O2S. The van der Waals surface area contributed by atoms with E-state index in [9.17, 15) is 17.2 Å². The van der Waals surface area contributed by atoms with E-state index in [1.165, 1.54) is 6.08 Å². The zero-order valence-corrected chi connectivity index (χ0v) is 16.9. The van der Waals surface area contributed by atoms with E-state index < -0.39 is 26.4 Å². The fraction of sp³-hybridized carbons (Fsp3) is 0.0500. The molecule has 2 aromatic carbocycles. The minimum absolute atomic E-state index is 0.0515. The lowest BCUT2D eigenvalue weighted by Gasteiger charge is -2.10. The Kier molecular flexibility index (Phi) is 5.11. The summed E-state index contributed by atoms with van der Waals surface area (Å²) in [5.74, 6) is -1.53. The number of halogens is 2. The van der Waals surface area contributed by atoms with Crippen LogP contribution in [0.4, 0.5) is 20.5 Å². The lowest BCUT2D eigenvalue weighted by atomic mass is 10.2.